The van der Waals surface area contributed by atoms with Gasteiger partial charge in [-0.25, -0.2) is 0 Å². The smallest absolute Gasteiger partial charge is 0.211 e. The van der Waals surface area contributed by atoms with Crippen LogP contribution >= 0.6 is 23.6 Å². The van der Waals surface area contributed by atoms with E-state index in [1.165, 1.54) is 11.3 Å². The second kappa shape index (κ2) is 4.63. The van der Waals surface area contributed by atoms with Crippen LogP contribution in [0.2, 0.25) is 0 Å². The maximum Gasteiger partial charge on any atom is 0.211 e. The van der Waals surface area contributed by atoms with Gasteiger partial charge in [-0.1, -0.05) is 23.5 Å². The molecule has 1 heterocycles. The summed E-state index contributed by atoms with van der Waals surface area (Å²) in [5.41, 5.74) is 0.961. The van der Waals surface area contributed by atoms with Crippen LogP contribution in [-0.2, 0) is 0 Å². The Morgan fingerprint density at radius 1 is 1.44 bits per heavy atom. The number of anilines is 2. The number of methoxy groups -OCH3 is 1. The van der Waals surface area contributed by atoms with Gasteiger partial charge in [-0.2, -0.15) is 0 Å². The third-order valence-electron chi connectivity index (χ3n) is 2.16. The van der Waals surface area contributed by atoms with Gasteiger partial charge >= 0.3 is 0 Å². The van der Waals surface area contributed by atoms with Crippen LogP contribution in [0.3, 0.4) is 0 Å². The van der Waals surface area contributed by atoms with E-state index in [0.29, 0.717) is 3.95 Å². The van der Waals surface area contributed by atoms with E-state index in [0.717, 1.165) is 16.6 Å². The number of aromatic nitrogens is 2. The number of ether oxygens (including phenoxy) is 1. The van der Waals surface area contributed by atoms with Crippen molar-refractivity contribution in [3.8, 4) is 5.75 Å². The molecule has 0 bridgehead atoms. The fraction of sp³-hybridized carbons (Fsp3) is 0.200. The number of rotatable bonds is 3. The van der Waals surface area contributed by atoms with E-state index < -0.39 is 0 Å². The van der Waals surface area contributed by atoms with Crippen molar-refractivity contribution >= 4 is 34.4 Å². The molecule has 0 aliphatic heterocycles. The molecule has 0 saturated carbocycles. The lowest BCUT2D eigenvalue weighted by Crippen LogP contribution is -2.10. The Morgan fingerprint density at radius 2 is 2.19 bits per heavy atom. The van der Waals surface area contributed by atoms with Gasteiger partial charge in [0, 0.05) is 7.05 Å². The van der Waals surface area contributed by atoms with E-state index in [-0.39, 0.29) is 0 Å². The lowest BCUT2D eigenvalue weighted by molar-refractivity contribution is 0.415. The van der Waals surface area contributed by atoms with Gasteiger partial charge in [-0.05, 0) is 24.4 Å². The van der Waals surface area contributed by atoms with Gasteiger partial charge < -0.3 is 9.64 Å². The molecule has 0 radical (unpaired) electrons. The predicted octanol–water partition coefficient (Wildman–Crippen LogP) is 2.98. The van der Waals surface area contributed by atoms with Crippen LogP contribution in [0.15, 0.2) is 24.3 Å². The molecule has 0 saturated heterocycles. The maximum atomic E-state index is 5.29. The van der Waals surface area contributed by atoms with Crippen LogP contribution in [0.4, 0.5) is 10.8 Å². The SMILES string of the molecule is COc1ccccc1N(C)c1n[nH]c(=S)s1. The Labute approximate surface area is 102 Å². The summed E-state index contributed by atoms with van der Waals surface area (Å²) >= 11 is 6.43. The fourth-order valence-electron chi connectivity index (χ4n) is 1.38. The first-order chi connectivity index (χ1) is 7.72. The molecule has 16 heavy (non-hydrogen) atoms. The van der Waals surface area contributed by atoms with Crippen LogP contribution < -0.4 is 9.64 Å². The molecular weight excluding hydrogens is 242 g/mol. The highest BCUT2D eigenvalue weighted by Gasteiger charge is 2.11. The number of hydrogen-bond donors (Lipinski definition) is 1. The maximum absolute atomic E-state index is 5.29. The highest BCUT2D eigenvalue weighted by molar-refractivity contribution is 7.73. The summed E-state index contributed by atoms with van der Waals surface area (Å²) in [6, 6.07) is 7.78. The third-order valence-corrected chi connectivity index (χ3v) is 3.33. The number of aromatic amines is 1. The number of nitrogens with one attached hydrogen (secondary N) is 1. The molecule has 84 valence electrons. The van der Waals surface area contributed by atoms with Crippen LogP contribution in [0.25, 0.3) is 0 Å². The summed E-state index contributed by atoms with van der Waals surface area (Å²) in [5.74, 6) is 0.811. The average molecular weight is 253 g/mol. The summed E-state index contributed by atoms with van der Waals surface area (Å²) in [5, 5.41) is 7.70. The fourth-order valence-corrected chi connectivity index (χ4v) is 2.23. The molecule has 2 aromatic rings. The Hall–Kier alpha value is -1.40. The van der Waals surface area contributed by atoms with Crippen molar-refractivity contribution < 1.29 is 4.74 Å². The lowest BCUT2D eigenvalue weighted by Gasteiger charge is -2.17. The summed E-state index contributed by atoms with van der Waals surface area (Å²) in [6.07, 6.45) is 0. The molecule has 1 N–H and O–H groups in total. The van der Waals surface area contributed by atoms with Crippen molar-refractivity contribution in [1.29, 1.82) is 0 Å². The van der Waals surface area contributed by atoms with E-state index in [1.807, 2.05) is 36.2 Å². The number of para-hydroxylation sites is 2. The van der Waals surface area contributed by atoms with Gasteiger partial charge in [-0.3, -0.25) is 5.10 Å². The zero-order valence-corrected chi connectivity index (χ0v) is 10.6. The monoisotopic (exact) mass is 253 g/mol. The molecule has 0 unspecified atom stereocenters. The molecule has 1 aromatic heterocycles. The zero-order chi connectivity index (χ0) is 11.5. The Bertz CT molecular complexity index is 535. The molecule has 0 spiro atoms. The Morgan fingerprint density at radius 3 is 2.81 bits per heavy atom. The molecule has 2 rings (SSSR count). The summed E-state index contributed by atoms with van der Waals surface area (Å²) in [4.78, 5) is 1.94. The standard InChI is InChI=1S/C10H11N3OS2/c1-13(9-11-12-10(15)16-9)7-5-3-4-6-8(7)14-2/h3-6H,1-2H3,(H,12,15). The van der Waals surface area contributed by atoms with E-state index >= 15 is 0 Å². The largest absolute Gasteiger partial charge is 0.495 e. The molecule has 4 nitrogen and oxygen atoms in total. The second-order valence-electron chi connectivity index (χ2n) is 3.13. The number of nitrogens with zero attached hydrogens (tertiary/aromatic N) is 2. The molecule has 6 heteroatoms. The normalized spacial score (nSPS) is 10.1. The van der Waals surface area contributed by atoms with Crippen LogP contribution in [0.5, 0.6) is 5.75 Å². The van der Waals surface area contributed by atoms with Gasteiger partial charge in [0.2, 0.25) is 5.13 Å². The van der Waals surface area contributed by atoms with E-state index in [9.17, 15) is 0 Å². The van der Waals surface area contributed by atoms with E-state index in [2.05, 4.69) is 10.2 Å². The molecule has 0 aliphatic carbocycles. The highest BCUT2D eigenvalue weighted by atomic mass is 32.1. The Kier molecular flexibility index (Phi) is 3.21. The minimum absolute atomic E-state index is 0.664. The first-order valence-corrected chi connectivity index (χ1v) is 5.87. The average Bonchev–Trinajstić information content (AvgIpc) is 2.75. The van der Waals surface area contributed by atoms with Gasteiger partial charge in [0.15, 0.2) is 3.95 Å². The number of hydrogen-bond acceptors (Lipinski definition) is 5. The number of H-pyrrole nitrogens is 1. The summed E-state index contributed by atoms with van der Waals surface area (Å²) < 4.78 is 5.96. The molecule has 1 aromatic carbocycles. The highest BCUT2D eigenvalue weighted by Crippen LogP contribution is 2.32. The van der Waals surface area contributed by atoms with Crippen LogP contribution in [0, 0.1) is 3.95 Å². The lowest BCUT2D eigenvalue weighted by atomic mass is 10.3. The van der Waals surface area contributed by atoms with E-state index in [1.54, 1.807) is 7.11 Å². The molecule has 0 atom stereocenters. The zero-order valence-electron chi connectivity index (χ0n) is 8.93. The van der Waals surface area contributed by atoms with Crippen LogP contribution in [0.1, 0.15) is 0 Å². The van der Waals surface area contributed by atoms with Crippen molar-refractivity contribution in [1.82, 2.24) is 10.2 Å². The van der Waals surface area contributed by atoms with E-state index in [4.69, 9.17) is 17.0 Å². The minimum Gasteiger partial charge on any atom is -0.495 e. The quantitative estimate of drug-likeness (QED) is 0.854. The van der Waals surface area contributed by atoms with Crippen molar-refractivity contribution in [2.75, 3.05) is 19.1 Å². The summed E-state index contributed by atoms with van der Waals surface area (Å²) in [7, 11) is 3.58. The number of benzene rings is 1. The first-order valence-electron chi connectivity index (χ1n) is 4.64. The Balaban J connectivity index is 2.40. The second-order valence-corrected chi connectivity index (χ2v) is 4.77. The van der Waals surface area contributed by atoms with Crippen molar-refractivity contribution in [3.05, 3.63) is 28.2 Å². The van der Waals surface area contributed by atoms with Gasteiger partial charge in [-0.15, -0.1) is 5.10 Å². The van der Waals surface area contributed by atoms with Gasteiger partial charge in [0.05, 0.1) is 12.8 Å². The van der Waals surface area contributed by atoms with Gasteiger partial charge in [0.1, 0.15) is 5.75 Å². The van der Waals surface area contributed by atoms with Gasteiger partial charge in [0.25, 0.3) is 0 Å². The van der Waals surface area contributed by atoms with Crippen LogP contribution in [-0.4, -0.2) is 24.4 Å². The van der Waals surface area contributed by atoms with Crippen molar-refractivity contribution in [2.45, 2.75) is 0 Å². The third kappa shape index (κ3) is 2.07. The predicted molar refractivity (Wildman–Crippen MR) is 68.4 cm³/mol. The molecule has 0 aliphatic rings. The van der Waals surface area contributed by atoms with Crippen molar-refractivity contribution in [3.63, 3.8) is 0 Å². The molecular formula is C10H11N3OS2. The summed E-state index contributed by atoms with van der Waals surface area (Å²) in [6.45, 7) is 0. The molecule has 0 amide bonds. The molecule has 0 fully saturated rings. The van der Waals surface area contributed by atoms with Crippen molar-refractivity contribution in [2.24, 2.45) is 0 Å². The minimum atomic E-state index is 0.664. The first kappa shape index (κ1) is 11.1. The topological polar surface area (TPSA) is 41.1 Å².